The molecule has 4 nitrogen and oxygen atoms in total. The summed E-state index contributed by atoms with van der Waals surface area (Å²) < 4.78 is 0. The lowest BCUT2D eigenvalue weighted by Crippen LogP contribution is -2.61. The highest BCUT2D eigenvalue weighted by Gasteiger charge is 2.54. The molecule has 1 atom stereocenters. The Morgan fingerprint density at radius 3 is 2.48 bits per heavy atom. The second kappa shape index (κ2) is 6.47. The highest BCUT2D eigenvalue weighted by Crippen LogP contribution is 2.42. The highest BCUT2D eigenvalue weighted by molar-refractivity contribution is 5.93. The van der Waals surface area contributed by atoms with E-state index in [9.17, 15) is 9.59 Å². The summed E-state index contributed by atoms with van der Waals surface area (Å²) in [4.78, 5) is 30.2. The zero-order valence-corrected chi connectivity index (χ0v) is 15.2. The number of nitrogens with zero attached hydrogens (tertiary/aromatic N) is 2. The molecule has 2 saturated heterocycles. The number of amides is 2. The van der Waals surface area contributed by atoms with Crippen molar-refractivity contribution in [1.29, 1.82) is 0 Å². The van der Waals surface area contributed by atoms with Crippen LogP contribution in [0, 0.1) is 6.92 Å². The van der Waals surface area contributed by atoms with Crippen LogP contribution >= 0.6 is 0 Å². The van der Waals surface area contributed by atoms with Crippen LogP contribution < -0.4 is 0 Å². The van der Waals surface area contributed by atoms with Gasteiger partial charge in [-0.15, -0.1) is 0 Å². The molecule has 0 bridgehead atoms. The van der Waals surface area contributed by atoms with E-state index in [1.807, 2.05) is 4.90 Å². The first-order valence-corrected chi connectivity index (χ1v) is 9.77. The van der Waals surface area contributed by atoms with Gasteiger partial charge in [-0.1, -0.05) is 29.8 Å². The predicted octanol–water partition coefficient (Wildman–Crippen LogP) is 3.07. The van der Waals surface area contributed by atoms with Crippen LogP contribution in [0.15, 0.2) is 24.3 Å². The maximum atomic E-state index is 13.2. The number of carbonyl (C=O) groups is 2. The summed E-state index contributed by atoms with van der Waals surface area (Å²) in [7, 11) is 0. The van der Waals surface area contributed by atoms with Crippen LogP contribution in [-0.2, 0) is 16.0 Å². The van der Waals surface area contributed by atoms with Gasteiger partial charge in [-0.05, 0) is 57.4 Å². The molecule has 3 fully saturated rings. The standard InChI is InChI=1S/C21H28N2O2/c1-16-4-6-17(7-5-16)8-11-19(24)23-15-3-13-21(23)12-2-14-22(20(21)25)18-9-10-18/h4-7,18H,2-3,8-15H2,1H3. The van der Waals surface area contributed by atoms with Crippen LogP contribution in [0.5, 0.6) is 0 Å². The maximum Gasteiger partial charge on any atom is 0.248 e. The molecule has 1 aliphatic carbocycles. The van der Waals surface area contributed by atoms with Crippen LogP contribution in [0.4, 0.5) is 0 Å². The number of rotatable bonds is 4. The number of likely N-dealkylation sites (tertiary alicyclic amines) is 2. The Hall–Kier alpha value is -1.84. The van der Waals surface area contributed by atoms with E-state index in [0.717, 1.165) is 58.0 Å². The van der Waals surface area contributed by atoms with Crippen molar-refractivity contribution in [3.63, 3.8) is 0 Å². The zero-order chi connectivity index (χ0) is 17.4. The number of hydrogen-bond donors (Lipinski definition) is 0. The Kier molecular flexibility index (Phi) is 4.30. The first-order valence-electron chi connectivity index (χ1n) is 9.77. The SMILES string of the molecule is Cc1ccc(CCC(=O)N2CCCC23CCCN(C2CC2)C3=O)cc1. The summed E-state index contributed by atoms with van der Waals surface area (Å²) >= 11 is 0. The van der Waals surface area contributed by atoms with Crippen molar-refractivity contribution in [3.05, 3.63) is 35.4 Å². The molecular weight excluding hydrogens is 312 g/mol. The molecule has 25 heavy (non-hydrogen) atoms. The van der Waals surface area contributed by atoms with Gasteiger partial charge in [0.05, 0.1) is 0 Å². The van der Waals surface area contributed by atoms with Gasteiger partial charge in [0.2, 0.25) is 11.8 Å². The second-order valence-corrected chi connectivity index (χ2v) is 8.00. The summed E-state index contributed by atoms with van der Waals surface area (Å²) in [6, 6.07) is 8.84. The molecule has 1 unspecified atom stereocenters. The number of hydrogen-bond acceptors (Lipinski definition) is 2. The average molecular weight is 340 g/mol. The van der Waals surface area contributed by atoms with E-state index >= 15 is 0 Å². The lowest BCUT2D eigenvalue weighted by atomic mass is 9.85. The first-order chi connectivity index (χ1) is 12.1. The summed E-state index contributed by atoms with van der Waals surface area (Å²) in [6.45, 7) is 3.71. The summed E-state index contributed by atoms with van der Waals surface area (Å²) in [5.74, 6) is 0.395. The van der Waals surface area contributed by atoms with Crippen LogP contribution in [0.2, 0.25) is 0 Å². The Balaban J connectivity index is 1.45. The third-order valence-electron chi connectivity index (χ3n) is 6.17. The highest BCUT2D eigenvalue weighted by atomic mass is 16.2. The topological polar surface area (TPSA) is 40.6 Å². The molecule has 0 radical (unpaired) electrons. The van der Waals surface area contributed by atoms with Crippen LogP contribution in [0.1, 0.15) is 56.1 Å². The Labute approximate surface area is 150 Å². The van der Waals surface area contributed by atoms with Gasteiger partial charge in [0.15, 0.2) is 0 Å². The van der Waals surface area contributed by atoms with E-state index in [1.54, 1.807) is 0 Å². The second-order valence-electron chi connectivity index (χ2n) is 8.00. The van der Waals surface area contributed by atoms with E-state index in [0.29, 0.717) is 12.5 Å². The van der Waals surface area contributed by atoms with Crippen molar-refractivity contribution in [2.45, 2.75) is 69.9 Å². The van der Waals surface area contributed by atoms with Crippen LogP contribution in [-0.4, -0.2) is 46.3 Å². The lowest BCUT2D eigenvalue weighted by molar-refractivity contribution is -0.155. The van der Waals surface area contributed by atoms with E-state index < -0.39 is 5.54 Å². The molecule has 2 amide bonds. The minimum Gasteiger partial charge on any atom is -0.338 e. The Bertz CT molecular complexity index is 665. The van der Waals surface area contributed by atoms with E-state index in [-0.39, 0.29) is 11.8 Å². The maximum absolute atomic E-state index is 13.2. The average Bonchev–Trinajstić information content (AvgIpc) is 3.37. The van der Waals surface area contributed by atoms with E-state index in [1.165, 1.54) is 11.1 Å². The van der Waals surface area contributed by atoms with Gasteiger partial charge >= 0.3 is 0 Å². The van der Waals surface area contributed by atoms with Gasteiger partial charge in [-0.2, -0.15) is 0 Å². The lowest BCUT2D eigenvalue weighted by Gasteiger charge is -2.44. The molecule has 2 heterocycles. The molecule has 4 rings (SSSR count). The third kappa shape index (κ3) is 3.07. The molecule has 1 spiro atoms. The van der Waals surface area contributed by atoms with Crippen LogP contribution in [0.3, 0.4) is 0 Å². The van der Waals surface area contributed by atoms with Crippen molar-refractivity contribution < 1.29 is 9.59 Å². The molecule has 1 aromatic rings. The Morgan fingerprint density at radius 1 is 1.12 bits per heavy atom. The molecule has 0 N–H and O–H groups in total. The minimum absolute atomic E-state index is 0.157. The van der Waals surface area contributed by atoms with Crippen LogP contribution in [0.25, 0.3) is 0 Å². The van der Waals surface area contributed by atoms with Gasteiger partial charge in [-0.3, -0.25) is 9.59 Å². The zero-order valence-electron chi connectivity index (χ0n) is 15.2. The first kappa shape index (κ1) is 16.6. The van der Waals surface area contributed by atoms with Gasteiger partial charge in [0.1, 0.15) is 5.54 Å². The molecule has 2 aliphatic heterocycles. The van der Waals surface area contributed by atoms with E-state index in [2.05, 4.69) is 36.1 Å². The normalized spacial score (nSPS) is 26.5. The summed E-state index contributed by atoms with van der Waals surface area (Å²) in [5.41, 5.74) is 1.91. The number of aryl methyl sites for hydroxylation is 2. The molecule has 1 saturated carbocycles. The van der Waals surface area contributed by atoms with Crippen molar-refractivity contribution >= 4 is 11.8 Å². The van der Waals surface area contributed by atoms with Crippen molar-refractivity contribution in [3.8, 4) is 0 Å². The van der Waals surface area contributed by atoms with Crippen molar-refractivity contribution in [2.75, 3.05) is 13.1 Å². The molecule has 1 aromatic carbocycles. The monoisotopic (exact) mass is 340 g/mol. The minimum atomic E-state index is -0.523. The predicted molar refractivity (Wildman–Crippen MR) is 97.1 cm³/mol. The fourth-order valence-electron chi connectivity index (χ4n) is 4.62. The fraction of sp³-hybridized carbons (Fsp3) is 0.619. The van der Waals surface area contributed by atoms with Crippen molar-refractivity contribution in [1.82, 2.24) is 9.80 Å². The van der Waals surface area contributed by atoms with Gasteiger partial charge in [0, 0.05) is 25.6 Å². The fourth-order valence-corrected chi connectivity index (χ4v) is 4.62. The number of piperidine rings is 1. The molecule has 0 aromatic heterocycles. The molecule has 134 valence electrons. The smallest absolute Gasteiger partial charge is 0.248 e. The summed E-state index contributed by atoms with van der Waals surface area (Å²) in [6.07, 6.45) is 7.24. The van der Waals surface area contributed by atoms with E-state index in [4.69, 9.17) is 0 Å². The summed E-state index contributed by atoms with van der Waals surface area (Å²) in [5, 5.41) is 0. The van der Waals surface area contributed by atoms with Gasteiger partial charge in [-0.25, -0.2) is 0 Å². The van der Waals surface area contributed by atoms with Gasteiger partial charge in [0.25, 0.3) is 0 Å². The largest absolute Gasteiger partial charge is 0.338 e. The van der Waals surface area contributed by atoms with Gasteiger partial charge < -0.3 is 9.80 Å². The number of carbonyl (C=O) groups excluding carboxylic acids is 2. The Morgan fingerprint density at radius 2 is 1.80 bits per heavy atom. The molecule has 4 heteroatoms. The third-order valence-corrected chi connectivity index (χ3v) is 6.17. The number of benzene rings is 1. The molecule has 3 aliphatic rings. The molecular formula is C21H28N2O2. The van der Waals surface area contributed by atoms with Crippen molar-refractivity contribution in [2.24, 2.45) is 0 Å². The quantitative estimate of drug-likeness (QED) is 0.845.